The van der Waals surface area contributed by atoms with Crippen molar-refractivity contribution in [3.63, 3.8) is 0 Å². The standard InChI is InChI=1S/C34H50ClN3O5/c1-8-10-11-12-13-14-21-38(32(41)29(23(3)9-2)37-33(42)43-34(5,6)7)30(25-18-16-19-26(39)22-25)31(40)36-28-24(4)17-15-20-27(28)35/h15-20,22-23,29-30,39H,8-14,21H2,1-7H3,(H,36,40)(H,37,42). The van der Waals surface area contributed by atoms with Crippen LogP contribution in [0, 0.1) is 12.8 Å². The monoisotopic (exact) mass is 615 g/mol. The number of hydrogen-bond donors (Lipinski definition) is 3. The van der Waals surface area contributed by atoms with Gasteiger partial charge in [-0.25, -0.2) is 4.79 Å². The van der Waals surface area contributed by atoms with Gasteiger partial charge in [0.2, 0.25) is 5.91 Å². The number of nitrogens with zero attached hydrogens (tertiary/aromatic N) is 1. The van der Waals surface area contributed by atoms with E-state index in [1.807, 2.05) is 26.8 Å². The molecule has 2 aromatic rings. The number of benzene rings is 2. The van der Waals surface area contributed by atoms with Crippen molar-refractivity contribution < 1.29 is 24.2 Å². The second-order valence-corrected chi connectivity index (χ2v) is 12.6. The Morgan fingerprint density at radius 2 is 1.65 bits per heavy atom. The number of para-hydroxylation sites is 1. The molecule has 0 spiro atoms. The number of carbonyl (C=O) groups is 3. The maximum atomic E-state index is 14.5. The van der Waals surface area contributed by atoms with Crippen LogP contribution in [0.3, 0.4) is 0 Å². The molecule has 43 heavy (non-hydrogen) atoms. The van der Waals surface area contributed by atoms with Crippen LogP contribution in [0.5, 0.6) is 5.75 Å². The summed E-state index contributed by atoms with van der Waals surface area (Å²) >= 11 is 6.46. The molecule has 2 aromatic carbocycles. The molecule has 3 unspecified atom stereocenters. The fraction of sp³-hybridized carbons (Fsp3) is 0.559. The highest BCUT2D eigenvalue weighted by atomic mass is 35.5. The maximum absolute atomic E-state index is 14.5. The molecule has 9 heteroatoms. The number of rotatable bonds is 15. The fourth-order valence-corrected chi connectivity index (χ4v) is 5.14. The Morgan fingerprint density at radius 1 is 1.00 bits per heavy atom. The first-order valence-electron chi connectivity index (χ1n) is 15.4. The van der Waals surface area contributed by atoms with E-state index in [1.165, 1.54) is 17.0 Å². The molecule has 0 aliphatic rings. The van der Waals surface area contributed by atoms with Crippen LogP contribution in [0.25, 0.3) is 0 Å². The van der Waals surface area contributed by atoms with Gasteiger partial charge in [0.25, 0.3) is 5.91 Å². The van der Waals surface area contributed by atoms with E-state index in [9.17, 15) is 19.5 Å². The van der Waals surface area contributed by atoms with Gasteiger partial charge < -0.3 is 25.4 Å². The summed E-state index contributed by atoms with van der Waals surface area (Å²) < 4.78 is 5.49. The number of nitrogens with one attached hydrogen (secondary N) is 2. The molecule has 0 aromatic heterocycles. The van der Waals surface area contributed by atoms with E-state index in [2.05, 4.69) is 17.6 Å². The van der Waals surface area contributed by atoms with Gasteiger partial charge in [-0.2, -0.15) is 0 Å². The average molecular weight is 616 g/mol. The van der Waals surface area contributed by atoms with Gasteiger partial charge in [-0.05, 0) is 69.4 Å². The van der Waals surface area contributed by atoms with E-state index in [-0.39, 0.29) is 18.2 Å². The van der Waals surface area contributed by atoms with Crippen molar-refractivity contribution in [1.82, 2.24) is 10.2 Å². The first kappa shape index (κ1) is 35.9. The lowest BCUT2D eigenvalue weighted by Crippen LogP contribution is -2.55. The summed E-state index contributed by atoms with van der Waals surface area (Å²) in [6.45, 7) is 13.4. The number of ether oxygens (including phenoxy) is 1. The van der Waals surface area contributed by atoms with E-state index < -0.39 is 35.6 Å². The molecule has 8 nitrogen and oxygen atoms in total. The molecular formula is C34H50ClN3O5. The number of alkyl carbamates (subject to hydrolysis) is 1. The molecule has 0 radical (unpaired) electrons. The van der Waals surface area contributed by atoms with Crippen molar-refractivity contribution in [2.45, 2.75) is 111 Å². The molecule has 0 fully saturated rings. The van der Waals surface area contributed by atoms with Gasteiger partial charge in [0, 0.05) is 6.54 Å². The van der Waals surface area contributed by atoms with Gasteiger partial charge in [0.05, 0.1) is 10.7 Å². The summed E-state index contributed by atoms with van der Waals surface area (Å²) in [7, 11) is 0. The Labute approximate surface area is 262 Å². The van der Waals surface area contributed by atoms with E-state index in [0.29, 0.717) is 29.1 Å². The highest BCUT2D eigenvalue weighted by Gasteiger charge is 2.38. The number of unbranched alkanes of at least 4 members (excludes halogenated alkanes) is 5. The number of aromatic hydroxyl groups is 1. The first-order valence-corrected chi connectivity index (χ1v) is 15.8. The predicted molar refractivity (Wildman–Crippen MR) is 173 cm³/mol. The number of phenols is 1. The molecule has 238 valence electrons. The normalized spacial score (nSPS) is 13.5. The lowest BCUT2D eigenvalue weighted by Gasteiger charge is -2.36. The van der Waals surface area contributed by atoms with Crippen molar-refractivity contribution in [2.24, 2.45) is 5.92 Å². The number of amides is 3. The van der Waals surface area contributed by atoms with Crippen LogP contribution >= 0.6 is 11.6 Å². The lowest BCUT2D eigenvalue weighted by molar-refractivity contribution is -0.142. The third kappa shape index (κ3) is 11.4. The van der Waals surface area contributed by atoms with Gasteiger partial charge in [0.1, 0.15) is 23.4 Å². The van der Waals surface area contributed by atoms with Crippen LogP contribution in [0.4, 0.5) is 10.5 Å². The first-order chi connectivity index (χ1) is 20.3. The summed E-state index contributed by atoms with van der Waals surface area (Å²) in [5.74, 6) is -1.14. The SMILES string of the molecule is CCCCCCCCN(C(=O)C(NC(=O)OC(C)(C)C)C(C)CC)C(C(=O)Nc1c(C)cccc1Cl)c1cccc(O)c1. The third-order valence-electron chi connectivity index (χ3n) is 7.40. The van der Waals surface area contributed by atoms with Gasteiger partial charge in [-0.3, -0.25) is 9.59 Å². The molecule has 0 heterocycles. The molecule has 0 saturated heterocycles. The number of aryl methyl sites for hydroxylation is 1. The molecule has 0 aliphatic carbocycles. The van der Waals surface area contributed by atoms with E-state index in [0.717, 1.165) is 37.7 Å². The average Bonchev–Trinajstić information content (AvgIpc) is 2.93. The second kappa shape index (κ2) is 17.1. The van der Waals surface area contributed by atoms with E-state index in [1.54, 1.807) is 45.0 Å². The quantitative estimate of drug-likeness (QED) is 0.175. The molecule has 3 amide bonds. The van der Waals surface area contributed by atoms with Crippen molar-refractivity contribution in [1.29, 1.82) is 0 Å². The van der Waals surface area contributed by atoms with Crippen LogP contribution in [0.1, 0.15) is 104 Å². The Kier molecular flexibility index (Phi) is 14.3. The minimum Gasteiger partial charge on any atom is -0.508 e. The highest BCUT2D eigenvalue weighted by molar-refractivity contribution is 6.34. The topological polar surface area (TPSA) is 108 Å². The zero-order valence-electron chi connectivity index (χ0n) is 26.8. The third-order valence-corrected chi connectivity index (χ3v) is 7.72. The van der Waals surface area contributed by atoms with Gasteiger partial charge >= 0.3 is 6.09 Å². The highest BCUT2D eigenvalue weighted by Crippen LogP contribution is 2.31. The smallest absolute Gasteiger partial charge is 0.408 e. The summed E-state index contributed by atoms with van der Waals surface area (Å²) in [5.41, 5.74) is 0.925. The van der Waals surface area contributed by atoms with Crippen LogP contribution in [-0.2, 0) is 14.3 Å². The second-order valence-electron chi connectivity index (χ2n) is 12.2. The van der Waals surface area contributed by atoms with Crippen LogP contribution in [0.15, 0.2) is 42.5 Å². The number of anilines is 1. The summed E-state index contributed by atoms with van der Waals surface area (Å²) in [6.07, 6.45) is 5.85. The Morgan fingerprint density at radius 3 is 2.26 bits per heavy atom. The van der Waals surface area contributed by atoms with Gasteiger partial charge in [-0.1, -0.05) is 95.2 Å². The molecule has 2 rings (SSSR count). The Bertz CT molecular complexity index is 1190. The van der Waals surface area contributed by atoms with Gasteiger partial charge in [0.15, 0.2) is 0 Å². The summed E-state index contributed by atoms with van der Waals surface area (Å²) in [4.78, 5) is 43.1. The van der Waals surface area contributed by atoms with Crippen molar-refractivity contribution >= 4 is 35.2 Å². The predicted octanol–water partition coefficient (Wildman–Crippen LogP) is 8.16. The molecule has 3 N–H and O–H groups in total. The zero-order valence-corrected chi connectivity index (χ0v) is 27.6. The number of halogens is 1. The Hall–Kier alpha value is -3.26. The summed E-state index contributed by atoms with van der Waals surface area (Å²) in [6, 6.07) is 9.66. The zero-order chi connectivity index (χ0) is 32.2. The van der Waals surface area contributed by atoms with Crippen LogP contribution in [-0.4, -0.2) is 46.1 Å². The van der Waals surface area contributed by atoms with E-state index in [4.69, 9.17) is 16.3 Å². The maximum Gasteiger partial charge on any atom is 0.408 e. The van der Waals surface area contributed by atoms with Crippen LogP contribution < -0.4 is 10.6 Å². The molecular weight excluding hydrogens is 566 g/mol. The minimum absolute atomic E-state index is 0.0263. The van der Waals surface area contributed by atoms with Gasteiger partial charge in [-0.15, -0.1) is 0 Å². The molecule has 0 saturated carbocycles. The molecule has 0 aliphatic heterocycles. The molecule has 3 atom stereocenters. The van der Waals surface area contributed by atoms with Crippen molar-refractivity contribution in [3.05, 3.63) is 58.6 Å². The number of carbonyl (C=O) groups excluding carboxylic acids is 3. The van der Waals surface area contributed by atoms with Crippen LogP contribution in [0.2, 0.25) is 5.02 Å². The number of phenolic OH excluding ortho intramolecular Hbond substituents is 1. The minimum atomic E-state index is -1.10. The van der Waals surface area contributed by atoms with E-state index >= 15 is 0 Å². The summed E-state index contributed by atoms with van der Waals surface area (Å²) in [5, 5.41) is 16.5. The van der Waals surface area contributed by atoms with Crippen molar-refractivity contribution in [2.75, 3.05) is 11.9 Å². The van der Waals surface area contributed by atoms with Crippen molar-refractivity contribution in [3.8, 4) is 5.75 Å². The molecule has 0 bridgehead atoms. The largest absolute Gasteiger partial charge is 0.508 e. The fourth-order valence-electron chi connectivity index (χ4n) is 4.87. The Balaban J connectivity index is 2.57. The number of hydrogen-bond acceptors (Lipinski definition) is 5. The lowest BCUT2D eigenvalue weighted by atomic mass is 9.95.